The highest BCUT2D eigenvalue weighted by molar-refractivity contribution is 7.99. The molecule has 0 saturated heterocycles. The first-order chi connectivity index (χ1) is 16.0. The number of methoxy groups -OCH3 is 3. The van der Waals surface area contributed by atoms with Gasteiger partial charge in [0.15, 0.2) is 10.9 Å². The normalized spacial score (nSPS) is 10.8. The smallest absolute Gasteiger partial charge is 0.266 e. The lowest BCUT2D eigenvalue weighted by atomic mass is 10.1. The summed E-state index contributed by atoms with van der Waals surface area (Å²) in [5, 5.41) is 0.922. The van der Waals surface area contributed by atoms with Gasteiger partial charge >= 0.3 is 0 Å². The van der Waals surface area contributed by atoms with Crippen LogP contribution in [0.2, 0.25) is 0 Å². The molecular weight excluding hydrogens is 440 g/mol. The minimum atomic E-state index is -0.206. The molecule has 0 aliphatic heterocycles. The Kier molecular flexibility index (Phi) is 6.65. The van der Waals surface area contributed by atoms with Crippen molar-refractivity contribution in [3.8, 4) is 22.9 Å². The Morgan fingerprint density at radius 1 is 0.909 bits per heavy atom. The number of benzene rings is 3. The predicted octanol–water partition coefficient (Wildman–Crippen LogP) is 4.39. The van der Waals surface area contributed by atoms with Crippen LogP contribution >= 0.6 is 11.8 Å². The van der Waals surface area contributed by atoms with E-state index in [0.29, 0.717) is 44.6 Å². The maximum absolute atomic E-state index is 13.3. The zero-order valence-corrected chi connectivity index (χ0v) is 19.2. The lowest BCUT2D eigenvalue weighted by Gasteiger charge is -2.14. The van der Waals surface area contributed by atoms with Gasteiger partial charge in [0, 0.05) is 6.07 Å². The number of carbonyl (C=O) groups is 1. The van der Waals surface area contributed by atoms with Gasteiger partial charge in [-0.15, -0.1) is 0 Å². The van der Waals surface area contributed by atoms with Gasteiger partial charge in [0.05, 0.1) is 49.2 Å². The van der Waals surface area contributed by atoms with Crippen LogP contribution in [0, 0.1) is 0 Å². The van der Waals surface area contributed by atoms with Crippen LogP contribution in [0.25, 0.3) is 16.6 Å². The average Bonchev–Trinajstić information content (AvgIpc) is 2.87. The van der Waals surface area contributed by atoms with Crippen molar-refractivity contribution >= 4 is 28.4 Å². The summed E-state index contributed by atoms with van der Waals surface area (Å²) < 4.78 is 17.3. The number of ketones is 1. The second kappa shape index (κ2) is 9.79. The first-order valence-corrected chi connectivity index (χ1v) is 11.1. The Balaban J connectivity index is 1.72. The minimum absolute atomic E-state index is 0.0730. The number of hydrogen-bond acceptors (Lipinski definition) is 7. The van der Waals surface area contributed by atoms with Crippen molar-refractivity contribution in [2.24, 2.45) is 0 Å². The second-order valence-electron chi connectivity index (χ2n) is 7.03. The first kappa shape index (κ1) is 22.4. The van der Waals surface area contributed by atoms with Gasteiger partial charge in [-0.05, 0) is 48.5 Å². The molecule has 0 N–H and O–H groups in total. The van der Waals surface area contributed by atoms with Gasteiger partial charge in [-0.1, -0.05) is 23.9 Å². The van der Waals surface area contributed by atoms with E-state index in [1.54, 1.807) is 74.9 Å². The Hall–Kier alpha value is -3.78. The summed E-state index contributed by atoms with van der Waals surface area (Å²) >= 11 is 1.20. The van der Waals surface area contributed by atoms with Crippen LogP contribution in [0.4, 0.5) is 0 Å². The van der Waals surface area contributed by atoms with E-state index in [2.05, 4.69) is 4.98 Å². The largest absolute Gasteiger partial charge is 0.497 e. The van der Waals surface area contributed by atoms with E-state index >= 15 is 0 Å². The number of carbonyl (C=O) groups excluding carboxylic acids is 1. The fourth-order valence-electron chi connectivity index (χ4n) is 3.40. The lowest BCUT2D eigenvalue weighted by Crippen LogP contribution is -2.22. The predicted molar refractivity (Wildman–Crippen MR) is 128 cm³/mol. The van der Waals surface area contributed by atoms with Gasteiger partial charge in [-0.3, -0.25) is 14.2 Å². The molecule has 33 heavy (non-hydrogen) atoms. The number of rotatable bonds is 8. The third-order valence-corrected chi connectivity index (χ3v) is 6.06. The Labute approximate surface area is 194 Å². The SMILES string of the molecule is COc1ccc(-n2c(SCC(=O)c3ccc(OC)cc3OC)nc3ccccc3c2=O)cc1. The summed E-state index contributed by atoms with van der Waals surface area (Å²) in [6, 6.07) is 19.3. The zero-order valence-electron chi connectivity index (χ0n) is 18.4. The highest BCUT2D eigenvalue weighted by atomic mass is 32.2. The highest BCUT2D eigenvalue weighted by Crippen LogP contribution is 2.28. The molecular formula is C25H22N2O5S. The summed E-state index contributed by atoms with van der Waals surface area (Å²) in [6.07, 6.45) is 0. The van der Waals surface area contributed by atoms with Gasteiger partial charge in [0.25, 0.3) is 5.56 Å². The molecule has 1 aromatic heterocycles. The standard InChI is InChI=1S/C25H22N2O5S/c1-30-17-10-8-16(9-11-17)27-24(29)19-6-4-5-7-21(19)26-25(27)33-15-22(28)20-13-12-18(31-2)14-23(20)32-3/h4-14H,15H2,1-3H3. The monoisotopic (exact) mass is 462 g/mol. The molecule has 4 aromatic rings. The van der Waals surface area contributed by atoms with Crippen LogP contribution in [0.5, 0.6) is 17.2 Å². The third-order valence-electron chi connectivity index (χ3n) is 5.12. The van der Waals surface area contributed by atoms with Crippen molar-refractivity contribution < 1.29 is 19.0 Å². The number of nitrogens with zero attached hydrogens (tertiary/aromatic N) is 2. The van der Waals surface area contributed by atoms with Gasteiger partial charge in [-0.25, -0.2) is 4.98 Å². The fourth-order valence-corrected chi connectivity index (χ4v) is 4.30. The summed E-state index contributed by atoms with van der Waals surface area (Å²) in [7, 11) is 4.64. The summed E-state index contributed by atoms with van der Waals surface area (Å²) in [6.45, 7) is 0. The molecule has 3 aromatic carbocycles. The molecule has 0 spiro atoms. The first-order valence-electron chi connectivity index (χ1n) is 10.1. The molecule has 0 radical (unpaired) electrons. The summed E-state index contributed by atoms with van der Waals surface area (Å²) in [5.74, 6) is 1.63. The average molecular weight is 463 g/mol. The van der Waals surface area contributed by atoms with E-state index in [-0.39, 0.29) is 17.1 Å². The quantitative estimate of drug-likeness (QED) is 0.218. The van der Waals surface area contributed by atoms with Crippen LogP contribution < -0.4 is 19.8 Å². The van der Waals surface area contributed by atoms with E-state index < -0.39 is 0 Å². The van der Waals surface area contributed by atoms with E-state index in [4.69, 9.17) is 14.2 Å². The summed E-state index contributed by atoms with van der Waals surface area (Å²) in [5.41, 5.74) is 1.44. The van der Waals surface area contributed by atoms with E-state index in [9.17, 15) is 9.59 Å². The molecule has 0 aliphatic rings. The van der Waals surface area contributed by atoms with Crippen molar-refractivity contribution in [3.63, 3.8) is 0 Å². The number of thioether (sulfide) groups is 1. The van der Waals surface area contributed by atoms with Crippen LogP contribution in [0.3, 0.4) is 0 Å². The van der Waals surface area contributed by atoms with E-state index in [1.165, 1.54) is 23.4 Å². The molecule has 7 nitrogen and oxygen atoms in total. The van der Waals surface area contributed by atoms with Crippen molar-refractivity contribution in [3.05, 3.63) is 82.6 Å². The van der Waals surface area contributed by atoms with Crippen molar-refractivity contribution in [2.45, 2.75) is 5.16 Å². The second-order valence-corrected chi connectivity index (χ2v) is 7.97. The van der Waals surface area contributed by atoms with Crippen LogP contribution in [0.15, 0.2) is 76.7 Å². The molecule has 0 fully saturated rings. The Morgan fingerprint density at radius 3 is 2.30 bits per heavy atom. The molecule has 0 bridgehead atoms. The van der Waals surface area contributed by atoms with Gasteiger partial charge in [0.1, 0.15) is 17.2 Å². The molecule has 8 heteroatoms. The van der Waals surface area contributed by atoms with Crippen LogP contribution in [0.1, 0.15) is 10.4 Å². The maximum Gasteiger partial charge on any atom is 0.266 e. The zero-order chi connectivity index (χ0) is 23.4. The Morgan fingerprint density at radius 2 is 1.61 bits per heavy atom. The summed E-state index contributed by atoms with van der Waals surface area (Å²) in [4.78, 5) is 31.0. The van der Waals surface area contributed by atoms with Crippen molar-refractivity contribution in [1.29, 1.82) is 0 Å². The number of Topliss-reactive ketones (excluding diaryl/α,β-unsaturated/α-hetero) is 1. The number of para-hydroxylation sites is 1. The van der Waals surface area contributed by atoms with Gasteiger partial charge < -0.3 is 14.2 Å². The molecule has 0 atom stereocenters. The topological polar surface area (TPSA) is 79.7 Å². The van der Waals surface area contributed by atoms with Crippen molar-refractivity contribution in [1.82, 2.24) is 9.55 Å². The molecule has 0 amide bonds. The van der Waals surface area contributed by atoms with Gasteiger partial charge in [0.2, 0.25) is 0 Å². The van der Waals surface area contributed by atoms with Crippen LogP contribution in [-0.4, -0.2) is 42.4 Å². The lowest BCUT2D eigenvalue weighted by molar-refractivity contribution is 0.101. The van der Waals surface area contributed by atoms with Crippen molar-refractivity contribution in [2.75, 3.05) is 27.1 Å². The fraction of sp³-hybridized carbons (Fsp3) is 0.160. The molecule has 0 aliphatic carbocycles. The molecule has 168 valence electrons. The number of fused-ring (bicyclic) bond motifs is 1. The van der Waals surface area contributed by atoms with Gasteiger partial charge in [-0.2, -0.15) is 0 Å². The Bertz CT molecular complexity index is 1370. The number of aromatic nitrogens is 2. The molecule has 0 saturated carbocycles. The maximum atomic E-state index is 13.3. The molecule has 0 unspecified atom stereocenters. The number of hydrogen-bond donors (Lipinski definition) is 0. The van der Waals surface area contributed by atoms with E-state index in [1.807, 2.05) is 6.07 Å². The minimum Gasteiger partial charge on any atom is -0.497 e. The highest BCUT2D eigenvalue weighted by Gasteiger charge is 2.18. The molecule has 4 rings (SSSR count). The third kappa shape index (κ3) is 4.56. The molecule has 1 heterocycles. The van der Waals surface area contributed by atoms with Crippen LogP contribution in [-0.2, 0) is 0 Å². The van der Waals surface area contributed by atoms with E-state index in [0.717, 1.165) is 0 Å². The number of ether oxygens (including phenoxy) is 3.